The number of rotatable bonds is 2. The Balaban J connectivity index is 2.38. The molecule has 1 aromatic heterocycles. The minimum Gasteiger partial charge on any atom is -0.444 e. The zero-order chi connectivity index (χ0) is 11.5. The second-order valence-electron chi connectivity index (χ2n) is 4.05. The number of carbonyl (C=O) groups excluding carboxylic acids is 1. The van der Waals surface area contributed by atoms with Gasteiger partial charge in [0.1, 0.15) is 5.60 Å². The number of carbonyl (C=O) groups is 1. The molecule has 0 spiro atoms. The van der Waals surface area contributed by atoms with Gasteiger partial charge in [-0.15, -0.1) is 0 Å². The molecule has 0 aliphatic heterocycles. The molecule has 0 aliphatic rings. The number of aromatic amines is 1. The summed E-state index contributed by atoms with van der Waals surface area (Å²) in [7, 11) is 0. The quantitative estimate of drug-likeness (QED) is 0.768. The second-order valence-corrected chi connectivity index (χ2v) is 4.05. The first-order valence-electron chi connectivity index (χ1n) is 4.51. The predicted octanol–water partition coefficient (Wildman–Crippen LogP) is 0.993. The highest BCUT2D eigenvalue weighted by Crippen LogP contribution is 2.06. The van der Waals surface area contributed by atoms with Crippen molar-refractivity contribution in [3.05, 3.63) is 22.2 Å². The van der Waals surface area contributed by atoms with Crippen LogP contribution in [0.15, 0.2) is 15.4 Å². The Bertz CT molecular complexity index is 385. The van der Waals surface area contributed by atoms with E-state index in [0.29, 0.717) is 5.69 Å². The number of hydrogen-bond acceptors (Lipinski definition) is 4. The van der Waals surface area contributed by atoms with Gasteiger partial charge in [-0.2, -0.15) is 0 Å². The van der Waals surface area contributed by atoms with Crippen molar-refractivity contribution in [2.45, 2.75) is 32.9 Å². The van der Waals surface area contributed by atoms with Gasteiger partial charge < -0.3 is 14.6 Å². The Morgan fingerprint density at radius 1 is 1.60 bits per heavy atom. The van der Waals surface area contributed by atoms with E-state index in [2.05, 4.69) is 15.0 Å². The van der Waals surface area contributed by atoms with Gasteiger partial charge in [-0.3, -0.25) is 0 Å². The summed E-state index contributed by atoms with van der Waals surface area (Å²) in [6.07, 6.45) is -0.537. The maximum atomic E-state index is 11.2. The van der Waals surface area contributed by atoms with Gasteiger partial charge in [0.05, 0.1) is 12.2 Å². The van der Waals surface area contributed by atoms with Crippen molar-refractivity contribution in [2.24, 2.45) is 0 Å². The van der Waals surface area contributed by atoms with Crippen molar-refractivity contribution in [1.29, 1.82) is 0 Å². The van der Waals surface area contributed by atoms with E-state index in [1.54, 1.807) is 20.8 Å². The molecule has 0 bridgehead atoms. The van der Waals surface area contributed by atoms with E-state index in [-0.39, 0.29) is 6.54 Å². The van der Waals surface area contributed by atoms with Gasteiger partial charge >= 0.3 is 11.7 Å². The molecular weight excluding hydrogens is 200 g/mol. The highest BCUT2D eigenvalue weighted by Gasteiger charge is 2.15. The van der Waals surface area contributed by atoms with Gasteiger partial charge in [-0.05, 0) is 20.8 Å². The highest BCUT2D eigenvalue weighted by molar-refractivity contribution is 5.67. The molecule has 0 aliphatic carbocycles. The van der Waals surface area contributed by atoms with Crippen molar-refractivity contribution in [3.8, 4) is 0 Å². The Kier molecular flexibility index (Phi) is 3.18. The van der Waals surface area contributed by atoms with Crippen LogP contribution in [-0.2, 0) is 11.3 Å². The van der Waals surface area contributed by atoms with Crippen LogP contribution >= 0.6 is 0 Å². The highest BCUT2D eigenvalue weighted by atomic mass is 16.6. The van der Waals surface area contributed by atoms with Gasteiger partial charge in [0.25, 0.3) is 0 Å². The zero-order valence-electron chi connectivity index (χ0n) is 8.92. The molecule has 1 rings (SSSR count). The summed E-state index contributed by atoms with van der Waals surface area (Å²) < 4.78 is 9.42. The Hall–Kier alpha value is -1.72. The van der Waals surface area contributed by atoms with E-state index in [0.717, 1.165) is 0 Å². The normalized spacial score (nSPS) is 11.1. The van der Waals surface area contributed by atoms with Gasteiger partial charge in [0, 0.05) is 6.07 Å². The van der Waals surface area contributed by atoms with E-state index in [1.165, 1.54) is 6.07 Å². The van der Waals surface area contributed by atoms with E-state index < -0.39 is 17.3 Å². The summed E-state index contributed by atoms with van der Waals surface area (Å²) in [5.74, 6) is 0. The number of amides is 1. The largest absolute Gasteiger partial charge is 0.444 e. The number of alkyl carbamates (subject to hydrolysis) is 1. The molecule has 0 atom stereocenters. The Morgan fingerprint density at radius 2 is 2.27 bits per heavy atom. The average molecular weight is 214 g/mol. The zero-order valence-corrected chi connectivity index (χ0v) is 8.92. The monoisotopic (exact) mass is 214 g/mol. The molecule has 1 heterocycles. The first-order valence-corrected chi connectivity index (χ1v) is 4.51. The molecule has 0 aromatic carbocycles. The molecular formula is C9H14N2O4. The molecule has 6 heteroatoms. The summed E-state index contributed by atoms with van der Waals surface area (Å²) in [6, 6.07) is 1.26. The van der Waals surface area contributed by atoms with Crippen LogP contribution in [0, 0.1) is 0 Å². The maximum absolute atomic E-state index is 11.2. The van der Waals surface area contributed by atoms with Crippen molar-refractivity contribution >= 4 is 6.09 Å². The number of hydrogen-bond donors (Lipinski definition) is 2. The van der Waals surface area contributed by atoms with Crippen molar-refractivity contribution in [1.82, 2.24) is 10.5 Å². The topological polar surface area (TPSA) is 84.3 Å². The summed E-state index contributed by atoms with van der Waals surface area (Å²) in [6.45, 7) is 5.48. The van der Waals surface area contributed by atoms with Crippen LogP contribution in [0.1, 0.15) is 26.5 Å². The predicted molar refractivity (Wildman–Crippen MR) is 52.4 cm³/mol. The SMILES string of the molecule is CC(C)(C)OC(=O)NCc1cc(=O)o[nH]1. The van der Waals surface area contributed by atoms with Gasteiger partial charge in [0.2, 0.25) is 0 Å². The van der Waals surface area contributed by atoms with Gasteiger partial charge in [0.15, 0.2) is 0 Å². The summed E-state index contributed by atoms with van der Waals surface area (Å²) >= 11 is 0. The van der Waals surface area contributed by atoms with Crippen molar-refractivity contribution in [2.75, 3.05) is 0 Å². The molecule has 0 fully saturated rings. The first kappa shape index (κ1) is 11.4. The van der Waals surface area contributed by atoms with Crippen molar-refractivity contribution < 1.29 is 14.1 Å². The van der Waals surface area contributed by atoms with E-state index in [9.17, 15) is 9.59 Å². The average Bonchev–Trinajstić information content (AvgIpc) is 2.45. The minimum absolute atomic E-state index is 0.167. The van der Waals surface area contributed by atoms with Crippen molar-refractivity contribution in [3.63, 3.8) is 0 Å². The van der Waals surface area contributed by atoms with E-state index in [4.69, 9.17) is 4.74 Å². The van der Waals surface area contributed by atoms with Gasteiger partial charge in [-0.25, -0.2) is 14.7 Å². The first-order chi connectivity index (χ1) is 6.87. The number of aromatic nitrogens is 1. The van der Waals surface area contributed by atoms with Crippen LogP contribution in [0.3, 0.4) is 0 Å². The number of nitrogens with one attached hydrogen (secondary N) is 2. The lowest BCUT2D eigenvalue weighted by Gasteiger charge is -2.19. The fraction of sp³-hybridized carbons (Fsp3) is 0.556. The summed E-state index contributed by atoms with van der Waals surface area (Å²) in [4.78, 5) is 21.8. The Morgan fingerprint density at radius 3 is 2.73 bits per heavy atom. The lowest BCUT2D eigenvalue weighted by atomic mass is 10.2. The summed E-state index contributed by atoms with van der Waals surface area (Å²) in [5.41, 5.74) is -0.518. The molecule has 0 radical (unpaired) electrons. The van der Waals surface area contributed by atoms with E-state index in [1.807, 2.05) is 0 Å². The molecule has 2 N–H and O–H groups in total. The molecule has 6 nitrogen and oxygen atoms in total. The summed E-state index contributed by atoms with van der Waals surface area (Å²) in [5, 5.41) is 4.84. The van der Waals surface area contributed by atoms with Crippen LogP contribution in [0.25, 0.3) is 0 Å². The third kappa shape index (κ3) is 4.35. The third-order valence-electron chi connectivity index (χ3n) is 1.40. The van der Waals surface area contributed by atoms with Crippen LogP contribution in [0.4, 0.5) is 4.79 Å². The Labute approximate surface area is 86.6 Å². The molecule has 1 amide bonds. The number of H-pyrrole nitrogens is 1. The maximum Gasteiger partial charge on any atom is 0.407 e. The fourth-order valence-electron chi connectivity index (χ4n) is 0.886. The smallest absolute Gasteiger partial charge is 0.407 e. The molecule has 1 aromatic rings. The van der Waals surface area contributed by atoms with Gasteiger partial charge in [-0.1, -0.05) is 0 Å². The molecule has 15 heavy (non-hydrogen) atoms. The lowest BCUT2D eigenvalue weighted by Crippen LogP contribution is -2.32. The molecule has 0 saturated heterocycles. The standard InChI is InChI=1S/C9H14N2O4/c1-9(2,3)14-8(13)10-5-6-4-7(12)15-11-6/h4,11H,5H2,1-3H3,(H,10,13). The number of ether oxygens (including phenoxy) is 1. The van der Waals surface area contributed by atoms with Crippen LogP contribution in [0.5, 0.6) is 0 Å². The van der Waals surface area contributed by atoms with E-state index >= 15 is 0 Å². The van der Waals surface area contributed by atoms with Crippen LogP contribution < -0.4 is 10.9 Å². The molecule has 0 unspecified atom stereocenters. The molecule has 84 valence electrons. The second kappa shape index (κ2) is 4.20. The van der Waals surface area contributed by atoms with Crippen LogP contribution in [-0.4, -0.2) is 16.9 Å². The fourth-order valence-corrected chi connectivity index (χ4v) is 0.886. The van der Waals surface area contributed by atoms with Crippen LogP contribution in [0.2, 0.25) is 0 Å². The minimum atomic E-state index is -0.537. The third-order valence-corrected chi connectivity index (χ3v) is 1.40. The lowest BCUT2D eigenvalue weighted by molar-refractivity contribution is 0.0522. The molecule has 0 saturated carbocycles.